The SMILES string of the molecule is [2H]c1c([2H])c([2H])c(-c2c([2H])c([2H])c([2H])c(-c3c4c([2H])c([2H])c([2H])c([2H])c4c(-c4c([2H])c([2H])c5c(c4[2H])-c4c([2H])c([2H])c([2H])c6c([2H])c([2H])c([2H])c(c46)S5)c4c([2H])c([2H])c([2H])c([2H])c34)c2[2H])c([2H])c1[2H]. The van der Waals surface area contributed by atoms with Crippen LogP contribution in [0.25, 0.3) is 76.8 Å². The van der Waals surface area contributed by atoms with E-state index in [4.69, 9.17) is 23.3 Å². The fraction of sp³-hybridized carbons (Fsp3) is 0. The van der Waals surface area contributed by atoms with Crippen molar-refractivity contribution in [2.24, 2.45) is 0 Å². The molecule has 1 aliphatic heterocycles. The first kappa shape index (κ1) is 9.98. The van der Waals surface area contributed by atoms with Crippen LogP contribution in [-0.4, -0.2) is 0 Å². The molecule has 0 aromatic heterocycles. The second-order valence-electron chi connectivity index (χ2n) is 9.26. The van der Waals surface area contributed by atoms with Gasteiger partial charge in [-0.3, -0.25) is 0 Å². The molecule has 0 saturated carbocycles. The molecule has 200 valence electrons. The maximum atomic E-state index is 9.91. The van der Waals surface area contributed by atoms with E-state index in [0.717, 1.165) is 0 Å². The number of rotatable bonds is 3. The van der Waals surface area contributed by atoms with E-state index in [0.29, 0.717) is 11.8 Å². The van der Waals surface area contributed by atoms with Crippen molar-refractivity contribution in [1.82, 2.24) is 0 Å². The summed E-state index contributed by atoms with van der Waals surface area (Å²) in [5.41, 5.74) is -5.28. The molecule has 0 radical (unpaired) electrons. The maximum absolute atomic E-state index is 9.91. The Balaban J connectivity index is 1.59. The third-order valence-electron chi connectivity index (χ3n) is 6.95. The molecule has 1 heteroatoms. The van der Waals surface area contributed by atoms with Crippen molar-refractivity contribution >= 4 is 44.1 Å². The van der Waals surface area contributed by atoms with E-state index in [1.54, 1.807) is 0 Å². The summed E-state index contributed by atoms with van der Waals surface area (Å²) in [6.07, 6.45) is 0. The first-order chi connectivity index (χ1) is 32.2. The standard InChI is InChI=1S/C42H26S/c1-2-11-27(12-3-1)29-15-8-16-30(25-29)40-32-17-4-6-19-34(32)41(35-20-7-5-18-33(35)40)31-23-24-38-37(26-31)36-21-9-13-28-14-10-22-39(43-38)42(28)36/h1-26H/i1D,2D,3D,4D,5D,6D,7D,8D,9D,10D,11D,12D,13D,14D,15D,16D,17D,18D,19D,20D,21D,22D,23D,24D,25D,26D. The average molecular weight is 589 g/mol. The highest BCUT2D eigenvalue weighted by Crippen LogP contribution is 2.50. The van der Waals surface area contributed by atoms with Gasteiger partial charge in [-0.25, -0.2) is 0 Å². The van der Waals surface area contributed by atoms with Crippen LogP contribution < -0.4 is 0 Å². The Morgan fingerprint density at radius 3 is 1.63 bits per heavy atom. The quantitative estimate of drug-likeness (QED) is 0.185. The molecule has 1 aliphatic rings. The van der Waals surface area contributed by atoms with Crippen molar-refractivity contribution in [3.63, 3.8) is 0 Å². The van der Waals surface area contributed by atoms with Crippen molar-refractivity contribution < 1.29 is 35.6 Å². The Kier molecular flexibility index (Phi) is 2.26. The van der Waals surface area contributed by atoms with Gasteiger partial charge in [0, 0.05) is 15.2 Å². The molecule has 0 spiro atoms. The van der Waals surface area contributed by atoms with E-state index in [9.17, 15) is 12.3 Å². The van der Waals surface area contributed by atoms with Crippen LogP contribution in [0.1, 0.15) is 35.6 Å². The van der Waals surface area contributed by atoms with Gasteiger partial charge in [-0.1, -0.05) is 145 Å². The summed E-state index contributed by atoms with van der Waals surface area (Å²) in [4.78, 5) is -0.379. The van der Waals surface area contributed by atoms with Crippen LogP contribution in [0.2, 0.25) is 0 Å². The minimum atomic E-state index is -1.03. The number of hydrogen-bond donors (Lipinski definition) is 0. The highest BCUT2D eigenvalue weighted by atomic mass is 32.2. The van der Waals surface area contributed by atoms with Crippen LogP contribution in [0.15, 0.2) is 167 Å². The molecule has 0 atom stereocenters. The van der Waals surface area contributed by atoms with Crippen molar-refractivity contribution in [3.05, 3.63) is 157 Å². The second kappa shape index (κ2) is 9.73. The Labute approximate surface area is 291 Å². The Bertz CT molecular complexity index is 3710. The fourth-order valence-electron chi connectivity index (χ4n) is 5.17. The van der Waals surface area contributed by atoms with E-state index in [1.807, 2.05) is 0 Å². The van der Waals surface area contributed by atoms with E-state index < -0.39 is 212 Å². The number of hydrogen-bond acceptors (Lipinski definition) is 1. The Morgan fingerprint density at radius 1 is 0.372 bits per heavy atom. The van der Waals surface area contributed by atoms with Gasteiger partial charge in [0.2, 0.25) is 0 Å². The van der Waals surface area contributed by atoms with E-state index in [2.05, 4.69) is 0 Å². The first-order valence-corrected chi connectivity index (χ1v) is 13.5. The van der Waals surface area contributed by atoms with Crippen molar-refractivity contribution in [1.29, 1.82) is 0 Å². The molecule has 8 aromatic carbocycles. The van der Waals surface area contributed by atoms with Crippen LogP contribution >= 0.6 is 11.8 Å². The minimum Gasteiger partial charge on any atom is -0.0888 e. The predicted molar refractivity (Wildman–Crippen MR) is 185 cm³/mol. The first-order valence-electron chi connectivity index (χ1n) is 25.7. The highest BCUT2D eigenvalue weighted by molar-refractivity contribution is 7.99. The second-order valence-corrected chi connectivity index (χ2v) is 10.3. The van der Waals surface area contributed by atoms with Crippen LogP contribution in [0.4, 0.5) is 0 Å². The summed E-state index contributed by atoms with van der Waals surface area (Å²) in [5, 5.41) is -3.36. The van der Waals surface area contributed by atoms with Crippen molar-refractivity contribution in [2.75, 3.05) is 0 Å². The zero-order valence-electron chi connectivity index (χ0n) is 47.4. The lowest BCUT2D eigenvalue weighted by Gasteiger charge is -2.22. The van der Waals surface area contributed by atoms with Crippen molar-refractivity contribution in [3.8, 4) is 44.5 Å². The monoisotopic (exact) mass is 588 g/mol. The summed E-state index contributed by atoms with van der Waals surface area (Å²) in [6, 6.07) is -22.8. The van der Waals surface area contributed by atoms with Gasteiger partial charge in [0.1, 0.15) is 0 Å². The molecular weight excluding hydrogens is 537 g/mol. The molecule has 8 aromatic rings. The van der Waals surface area contributed by atoms with E-state index in [-0.39, 0.29) is 31.7 Å². The lowest BCUT2D eigenvalue weighted by molar-refractivity contribution is 1.40. The minimum absolute atomic E-state index is 0.119. The van der Waals surface area contributed by atoms with Gasteiger partial charge in [0.05, 0.1) is 35.6 Å². The average Bonchev–Trinajstić information content (AvgIpc) is 3.32. The Hall–Kier alpha value is -5.11. The molecule has 0 bridgehead atoms. The predicted octanol–water partition coefficient (Wildman–Crippen LogP) is 12.3. The topological polar surface area (TPSA) is 0 Å². The third kappa shape index (κ3) is 3.86. The summed E-state index contributed by atoms with van der Waals surface area (Å²) >= 11 is 0.618. The molecule has 0 aliphatic carbocycles. The number of benzene rings is 8. The molecule has 0 saturated heterocycles. The van der Waals surface area contributed by atoms with Crippen LogP contribution in [0, 0.1) is 0 Å². The lowest BCUT2D eigenvalue weighted by atomic mass is 9.84. The van der Waals surface area contributed by atoms with Gasteiger partial charge in [0.25, 0.3) is 0 Å². The van der Waals surface area contributed by atoms with Gasteiger partial charge in [-0.2, -0.15) is 0 Å². The molecule has 0 nitrogen and oxygen atoms in total. The largest absolute Gasteiger partial charge is 0.0888 e. The summed E-state index contributed by atoms with van der Waals surface area (Å²) in [5.74, 6) is 0. The third-order valence-corrected chi connectivity index (χ3v) is 7.97. The van der Waals surface area contributed by atoms with Crippen LogP contribution in [0.3, 0.4) is 0 Å². The highest BCUT2D eigenvalue weighted by Gasteiger charge is 2.22. The molecule has 9 rings (SSSR count). The van der Waals surface area contributed by atoms with Gasteiger partial charge in [0.15, 0.2) is 0 Å². The normalized spacial score (nSPS) is 20.6. The zero-order chi connectivity index (χ0) is 51.0. The summed E-state index contributed by atoms with van der Waals surface area (Å²) in [6.45, 7) is 0. The lowest BCUT2D eigenvalue weighted by Crippen LogP contribution is -1.95. The van der Waals surface area contributed by atoms with Gasteiger partial charge < -0.3 is 0 Å². The van der Waals surface area contributed by atoms with E-state index >= 15 is 0 Å². The van der Waals surface area contributed by atoms with Crippen molar-refractivity contribution in [2.45, 2.75) is 9.79 Å². The number of fused-ring (bicyclic) bond motifs is 4. The summed E-state index contributed by atoms with van der Waals surface area (Å²) in [7, 11) is 0. The molecule has 0 amide bonds. The van der Waals surface area contributed by atoms with Gasteiger partial charge in [-0.05, 0) is 95.6 Å². The van der Waals surface area contributed by atoms with Crippen LogP contribution in [-0.2, 0) is 0 Å². The maximum Gasteiger partial charge on any atom is 0.0636 e. The van der Waals surface area contributed by atoms with Gasteiger partial charge >= 0.3 is 0 Å². The Morgan fingerprint density at radius 2 is 0.930 bits per heavy atom. The zero-order valence-corrected chi connectivity index (χ0v) is 22.2. The van der Waals surface area contributed by atoms with Gasteiger partial charge in [-0.15, -0.1) is 0 Å². The summed E-state index contributed by atoms with van der Waals surface area (Å²) < 4.78 is 233. The molecule has 0 fully saturated rings. The molecule has 43 heavy (non-hydrogen) atoms. The van der Waals surface area contributed by atoms with Crippen LogP contribution in [0.5, 0.6) is 0 Å². The smallest absolute Gasteiger partial charge is 0.0636 e. The molecule has 0 N–H and O–H groups in total. The fourth-order valence-corrected chi connectivity index (χ4v) is 6.14. The molecule has 0 unspecified atom stereocenters. The molecular formula is C42H26S. The molecule has 1 heterocycles. The van der Waals surface area contributed by atoms with E-state index in [1.165, 1.54) is 0 Å².